The van der Waals surface area contributed by atoms with Crippen LogP contribution in [0.1, 0.15) is 105 Å². The Kier molecular flexibility index (Phi) is 5.16. The molecule has 36 heavy (non-hydrogen) atoms. The molecule has 4 heteroatoms. The average Bonchev–Trinajstić information content (AvgIpc) is 3.30. The Morgan fingerprint density at radius 3 is 2.50 bits per heavy atom. The third-order valence-corrected chi connectivity index (χ3v) is 13.5. The van der Waals surface area contributed by atoms with Crippen LogP contribution in [-0.2, 0) is 21.4 Å². The second-order valence-electron chi connectivity index (χ2n) is 14.9. The van der Waals surface area contributed by atoms with Crippen molar-refractivity contribution in [1.82, 2.24) is 5.16 Å². The number of hydrogen-bond donors (Lipinski definition) is 0. The highest BCUT2D eigenvalue weighted by Crippen LogP contribution is 2.75. The Labute approximate surface area is 218 Å². The van der Waals surface area contributed by atoms with Crippen LogP contribution < -0.4 is 0 Å². The van der Waals surface area contributed by atoms with Gasteiger partial charge in [-0.25, -0.2) is 0 Å². The molecular weight excluding hydrogens is 446 g/mol. The van der Waals surface area contributed by atoms with Crippen LogP contribution in [0.25, 0.3) is 0 Å². The number of aromatic nitrogens is 1. The molecule has 3 fully saturated rings. The Morgan fingerprint density at radius 1 is 1.03 bits per heavy atom. The number of carbonyl (C=O) groups is 1. The van der Waals surface area contributed by atoms with Crippen LogP contribution in [0.5, 0.6) is 0 Å². The molecule has 1 aromatic heterocycles. The predicted octanol–water partition coefficient (Wildman–Crippen LogP) is 7.52. The van der Waals surface area contributed by atoms with Crippen molar-refractivity contribution in [2.75, 3.05) is 7.11 Å². The summed E-state index contributed by atoms with van der Waals surface area (Å²) in [6.45, 7) is 17.4. The molecule has 1 aromatic rings. The summed E-state index contributed by atoms with van der Waals surface area (Å²) in [4.78, 5) is 13.5. The molecule has 0 bridgehead atoms. The summed E-state index contributed by atoms with van der Waals surface area (Å²) in [7, 11) is 1.60. The van der Waals surface area contributed by atoms with Crippen LogP contribution in [0.2, 0.25) is 0 Å². The fourth-order valence-electron chi connectivity index (χ4n) is 11.3. The van der Waals surface area contributed by atoms with Crippen molar-refractivity contribution in [3.05, 3.63) is 29.2 Å². The molecule has 0 amide bonds. The summed E-state index contributed by atoms with van der Waals surface area (Å²) >= 11 is 0. The van der Waals surface area contributed by atoms with Crippen LogP contribution >= 0.6 is 0 Å². The molecule has 3 unspecified atom stereocenters. The minimum atomic E-state index is -0.333. The van der Waals surface area contributed by atoms with E-state index >= 15 is 0 Å². The molecule has 0 saturated heterocycles. The van der Waals surface area contributed by atoms with Gasteiger partial charge in [0.05, 0.1) is 18.7 Å². The first-order valence-corrected chi connectivity index (χ1v) is 14.6. The third-order valence-electron chi connectivity index (χ3n) is 13.5. The number of rotatable bonds is 1. The number of nitrogens with zero attached hydrogens (tertiary/aromatic N) is 1. The third kappa shape index (κ3) is 2.72. The van der Waals surface area contributed by atoms with Crippen LogP contribution in [0.15, 0.2) is 22.4 Å². The number of fused-ring (bicyclic) bond motifs is 8. The molecule has 5 aliphatic rings. The molecule has 3 saturated carbocycles. The largest absolute Gasteiger partial charge is 0.469 e. The lowest BCUT2D eigenvalue weighted by molar-refractivity contribution is -0.182. The van der Waals surface area contributed by atoms with Crippen molar-refractivity contribution in [1.29, 1.82) is 0 Å². The summed E-state index contributed by atoms with van der Waals surface area (Å²) in [5.74, 6) is 3.83. The van der Waals surface area contributed by atoms with E-state index < -0.39 is 0 Å². The highest BCUT2D eigenvalue weighted by atomic mass is 16.5. The van der Waals surface area contributed by atoms with Crippen molar-refractivity contribution < 1.29 is 14.1 Å². The lowest BCUT2D eigenvalue weighted by Crippen LogP contribution is -2.65. The van der Waals surface area contributed by atoms with Gasteiger partial charge in [0, 0.05) is 11.0 Å². The van der Waals surface area contributed by atoms with Gasteiger partial charge in [0.2, 0.25) is 0 Å². The molecule has 0 radical (unpaired) electrons. The van der Waals surface area contributed by atoms with Gasteiger partial charge in [0.1, 0.15) is 5.76 Å². The predicted molar refractivity (Wildman–Crippen MR) is 141 cm³/mol. The van der Waals surface area contributed by atoms with Gasteiger partial charge < -0.3 is 9.26 Å². The summed E-state index contributed by atoms with van der Waals surface area (Å²) in [6.07, 6.45) is 13.5. The van der Waals surface area contributed by atoms with E-state index in [1.807, 2.05) is 6.20 Å². The van der Waals surface area contributed by atoms with Crippen molar-refractivity contribution in [3.8, 4) is 0 Å². The number of ether oxygens (including phenoxy) is 1. The minimum absolute atomic E-state index is 0.00494. The SMILES string of the molecule is COC(=O)[C@]12CC[C@@H](C)[C@H](C)C1C1=CCC3[C@@]4(C)Cc5cnoc5C(C)(C)C4CC[C@@]3(C)[C@]1(C)CC2. The van der Waals surface area contributed by atoms with Crippen LogP contribution in [0, 0.1) is 51.2 Å². The van der Waals surface area contributed by atoms with Gasteiger partial charge in [-0.2, -0.15) is 0 Å². The molecule has 0 N–H and O–H groups in total. The van der Waals surface area contributed by atoms with E-state index in [1.54, 1.807) is 12.7 Å². The maximum Gasteiger partial charge on any atom is 0.312 e. The van der Waals surface area contributed by atoms with Crippen LogP contribution in [0.4, 0.5) is 0 Å². The first-order valence-electron chi connectivity index (χ1n) is 14.6. The molecule has 198 valence electrons. The Hall–Kier alpha value is -1.58. The van der Waals surface area contributed by atoms with E-state index in [9.17, 15) is 4.79 Å². The summed E-state index contributed by atoms with van der Waals surface area (Å²) in [6, 6.07) is 0. The number of esters is 1. The number of carbonyl (C=O) groups excluding carboxylic acids is 1. The van der Waals surface area contributed by atoms with E-state index in [-0.39, 0.29) is 33.0 Å². The van der Waals surface area contributed by atoms with Crippen molar-refractivity contribution >= 4 is 5.97 Å². The molecule has 5 aliphatic carbocycles. The lowest BCUT2D eigenvalue weighted by atomic mass is 9.33. The quantitative estimate of drug-likeness (QED) is 0.300. The van der Waals surface area contributed by atoms with Crippen LogP contribution in [0.3, 0.4) is 0 Å². The van der Waals surface area contributed by atoms with Crippen molar-refractivity contribution in [2.24, 2.45) is 51.2 Å². The van der Waals surface area contributed by atoms with Gasteiger partial charge in [-0.15, -0.1) is 0 Å². The standard InChI is InChI=1S/C32H47NO3/c1-19-11-14-32(27(34)35-8)16-15-30(6)22(25(32)20(19)2)9-10-24-29(5)17-21-18-33-36-26(21)28(3,4)23(29)12-13-31(24,30)7/h9,18-20,23-25H,10-17H2,1-8H3/t19-,20+,23?,24?,25?,29+,30-,31-,32+/m1/s1. The van der Waals surface area contributed by atoms with Gasteiger partial charge in [0.15, 0.2) is 0 Å². The minimum Gasteiger partial charge on any atom is -0.469 e. The maximum absolute atomic E-state index is 13.5. The molecule has 1 heterocycles. The molecule has 0 aliphatic heterocycles. The average molecular weight is 494 g/mol. The van der Waals surface area contributed by atoms with Crippen LogP contribution in [-0.4, -0.2) is 18.2 Å². The van der Waals surface area contributed by atoms with E-state index in [0.717, 1.165) is 44.3 Å². The zero-order chi connectivity index (χ0) is 25.9. The highest BCUT2D eigenvalue weighted by Gasteiger charge is 2.69. The monoisotopic (exact) mass is 493 g/mol. The van der Waals surface area contributed by atoms with Gasteiger partial charge in [-0.1, -0.05) is 65.3 Å². The molecule has 0 spiro atoms. The zero-order valence-corrected chi connectivity index (χ0v) is 23.9. The summed E-state index contributed by atoms with van der Waals surface area (Å²) in [5.41, 5.74) is 3.16. The Bertz CT molecular complexity index is 1120. The highest BCUT2D eigenvalue weighted by molar-refractivity contribution is 5.78. The summed E-state index contributed by atoms with van der Waals surface area (Å²) < 4.78 is 11.4. The number of hydrogen-bond acceptors (Lipinski definition) is 4. The van der Waals surface area contributed by atoms with E-state index in [1.165, 1.54) is 18.4 Å². The zero-order valence-electron chi connectivity index (χ0n) is 23.9. The number of methoxy groups -OCH3 is 1. The van der Waals surface area contributed by atoms with Gasteiger partial charge in [-0.3, -0.25) is 4.79 Å². The molecule has 4 nitrogen and oxygen atoms in total. The normalized spacial score (nSPS) is 48.9. The number of allylic oxidation sites excluding steroid dienone is 2. The lowest BCUT2D eigenvalue weighted by Gasteiger charge is -2.70. The molecule has 0 aromatic carbocycles. The fourth-order valence-corrected chi connectivity index (χ4v) is 11.3. The summed E-state index contributed by atoms with van der Waals surface area (Å²) in [5, 5.41) is 4.25. The van der Waals surface area contributed by atoms with E-state index in [2.05, 4.69) is 59.7 Å². The second-order valence-corrected chi connectivity index (χ2v) is 14.9. The van der Waals surface area contributed by atoms with E-state index in [4.69, 9.17) is 9.26 Å². The van der Waals surface area contributed by atoms with E-state index in [0.29, 0.717) is 29.6 Å². The Morgan fingerprint density at radius 2 is 1.78 bits per heavy atom. The second kappa shape index (κ2) is 7.50. The fraction of sp³-hybridized carbons (Fsp3) is 0.812. The van der Waals surface area contributed by atoms with Crippen molar-refractivity contribution in [2.45, 2.75) is 105 Å². The first-order chi connectivity index (χ1) is 16.9. The van der Waals surface area contributed by atoms with Gasteiger partial charge in [-0.05, 0) is 97.2 Å². The van der Waals surface area contributed by atoms with Crippen molar-refractivity contribution in [3.63, 3.8) is 0 Å². The Balaban J connectivity index is 1.48. The first kappa shape index (κ1) is 24.7. The molecule has 6 rings (SSSR count). The topological polar surface area (TPSA) is 52.3 Å². The van der Waals surface area contributed by atoms with Gasteiger partial charge >= 0.3 is 5.97 Å². The van der Waals surface area contributed by atoms with Gasteiger partial charge in [0.25, 0.3) is 0 Å². The molecular formula is C32H47NO3. The maximum atomic E-state index is 13.5. The molecule has 9 atom stereocenters. The smallest absolute Gasteiger partial charge is 0.312 e.